The van der Waals surface area contributed by atoms with Crippen molar-refractivity contribution in [3.8, 4) is 22.3 Å². The zero-order valence-electron chi connectivity index (χ0n) is 106. The van der Waals surface area contributed by atoms with Crippen molar-refractivity contribution >= 4 is 0 Å². The lowest BCUT2D eigenvalue weighted by Crippen LogP contribution is -2.44. The molecule has 6 atom stereocenters. The lowest BCUT2D eigenvalue weighted by molar-refractivity contribution is -0.0411. The van der Waals surface area contributed by atoms with Gasteiger partial charge in [-0.3, -0.25) is 0 Å². The maximum Gasteiger partial charge on any atom is 0.0303 e. The molecule has 15 fully saturated rings. The van der Waals surface area contributed by atoms with E-state index in [9.17, 15) is 0 Å². The van der Waals surface area contributed by atoms with E-state index in [0.717, 1.165) is 134 Å². The van der Waals surface area contributed by atoms with E-state index in [0.29, 0.717) is 10.8 Å². The Hall–Kier alpha value is -7.80. The zero-order valence-corrected chi connectivity index (χ0v) is 101. The van der Waals surface area contributed by atoms with Crippen LogP contribution in [-0.4, -0.2) is 0 Å². The van der Waals surface area contributed by atoms with Crippen LogP contribution in [0, 0.1) is 188 Å². The van der Waals surface area contributed by atoms with Crippen LogP contribution in [0.25, 0.3) is 22.3 Å². The Labute approximate surface area is 933 Å². The van der Waals surface area contributed by atoms with Gasteiger partial charge in [0.05, 0.1) is 0 Å². The smallest absolute Gasteiger partial charge is 0.0303 e. The molecular formula is C150H222. The van der Waals surface area contributed by atoms with Gasteiger partial charge in [-0.15, -0.1) is 0 Å². The van der Waals surface area contributed by atoms with E-state index in [1.54, 1.807) is 80.9 Å². The Morgan fingerprint density at radius 2 is 0.473 bits per heavy atom. The molecule has 0 aliphatic heterocycles. The first-order valence-electron chi connectivity index (χ1n) is 63.9. The number of aryl methyl sites for hydroxylation is 12. The predicted octanol–water partition coefficient (Wildman–Crippen LogP) is 46.5. The molecule has 0 radical (unpaired) electrons. The van der Waals surface area contributed by atoms with Crippen molar-refractivity contribution in [2.24, 2.45) is 105 Å². The van der Waals surface area contributed by atoms with Crippen LogP contribution in [0.5, 0.6) is 0 Å². The van der Waals surface area contributed by atoms with E-state index in [2.05, 4.69) is 384 Å². The molecule has 15 aliphatic carbocycles. The number of hydrogen-bond donors (Lipinski definition) is 0. The Morgan fingerprint density at radius 1 is 0.207 bits per heavy atom. The minimum Gasteiger partial charge on any atom is -0.0625 e. The first kappa shape index (κ1) is 116. The first-order chi connectivity index (χ1) is 73.4. The fraction of sp³-hybridized carbons (Fsp3) is 0.600. The molecule has 8 bridgehead atoms. The second kappa shape index (κ2) is 65.3. The summed E-state index contributed by atoms with van der Waals surface area (Å²) in [6.07, 6.45) is 59.5. The van der Waals surface area contributed by atoms with Crippen molar-refractivity contribution < 1.29 is 6.85 Å². The predicted molar refractivity (Wildman–Crippen MR) is 664 cm³/mol. The van der Waals surface area contributed by atoms with Gasteiger partial charge in [0, 0.05) is 6.85 Å². The highest BCUT2D eigenvalue weighted by molar-refractivity contribution is 5.64. The summed E-state index contributed by atoms with van der Waals surface area (Å²) in [6, 6.07) is 88.9. The lowest BCUT2D eigenvalue weighted by Gasteiger charge is -2.55. The molecule has 10 aromatic rings. The molecule has 4 unspecified atom stereocenters. The molecule has 15 aliphatic rings. The van der Waals surface area contributed by atoms with E-state index in [1.165, 1.54) is 256 Å². The van der Waals surface area contributed by atoms with Crippen molar-refractivity contribution in [1.82, 2.24) is 0 Å². The summed E-state index contributed by atoms with van der Waals surface area (Å²) in [4.78, 5) is 0. The fourth-order valence-electron chi connectivity index (χ4n) is 26.7. The Kier molecular flexibility index (Phi) is 50.6. The van der Waals surface area contributed by atoms with Gasteiger partial charge in [-0.1, -0.05) is 547 Å². The second-order valence-corrected chi connectivity index (χ2v) is 53.2. The minimum absolute atomic E-state index is 0.0388. The van der Waals surface area contributed by atoms with Crippen LogP contribution < -0.4 is 0 Å². The molecule has 0 spiro atoms. The van der Waals surface area contributed by atoms with Crippen molar-refractivity contribution in [2.75, 3.05) is 0 Å². The molecule has 0 N–H and O–H groups in total. The standard InChI is InChI=1S/C15H22.C14H20.C14H14.C13H18.C13H12.C11H18.C9H12.C9H18.2C8H14.C8H16.C8H10.C7H14.C7H8.C6H12/c1-12-4-6-13(7-5-12)14-8-10-15(2,3)11-9-14;2*1-11-3-7-13(8-4-11)14-9-5-12(2)6-10-14;2*1-11-7-9-13(10-8-11)12-5-3-2-4-6-12;1-11-5-8-2-9(6-11)4-10(3-8)7-11;1-7-4-8(2)6-9(3)5-7;1-8-4-6-9(2,3)7-5-8;2*1-6-4-7-2-3-8(6)5-7;2*1-7-3-5-8(2)6-4-7;2*1-7-5-3-2-4-6-7;1-6-4-2-3-5-6/h4-7,14H,8-11H2,1-3H3;3-4,7-8,12,14H,5-6,9-10H2,1-2H3;3-10H,1-2H3;7-10,12H,2-6H2,1H3;2-10H,1H3;8-10H,2-7H2,1H3;4-6H,1-3H3;8H,4-7H2,1-3H3;2*6-8H,2-5H2,1H3;7-8H,3-6H2,1-2H3;3-6H,1-2H3;7H,2-6H2,1H3;2-6H,1H3;6H,2-5H2,1H3/t;;;;;;;;2*6-,7?,8?;;;;;/m........11...../s1/i;;;;;;;8D;6D;;7D;;7D;;6D. The Morgan fingerprint density at radius 3 is 0.733 bits per heavy atom. The SMILES string of the molecule is CC12CC3CC(CC(C3)C1)C2.C[C@@H]1CC2CCC1C2.Cc1cc(C)cc(C)c1.Cc1ccc(-c2ccc(C)cc2)cc1.Cc1ccc(-c2ccccc2)cc1.Cc1ccc(C)cc1.Cc1ccc(C2CCC(C)(C)CC2)cc1.Cc1ccc(C2CCC(C)CC2)cc1.Cc1ccc(C2CCCCC2)cc1.Cc1ccccc1.[2H]C1(C)CCC(C)(C)CC1.[2H]C1(C)CCC(C)CC1.[2H]C1(C)CCCC1.[2H]C1(C)CCCCC1.[2H][C@@]1(C)CC2CCC1C2. The topological polar surface area (TPSA) is 0 Å². The fourth-order valence-corrected chi connectivity index (χ4v) is 26.7. The van der Waals surface area contributed by atoms with Gasteiger partial charge in [-0.05, 0) is 386 Å². The minimum atomic E-state index is -0.116. The van der Waals surface area contributed by atoms with Crippen molar-refractivity contribution in [3.63, 3.8) is 0 Å². The van der Waals surface area contributed by atoms with Crippen LogP contribution in [0.15, 0.2) is 249 Å². The molecule has 822 valence electrons. The molecule has 0 nitrogen and oxygen atoms in total. The van der Waals surface area contributed by atoms with Gasteiger partial charge in [0.25, 0.3) is 0 Å². The van der Waals surface area contributed by atoms with Crippen molar-refractivity contribution in [1.29, 1.82) is 0 Å². The van der Waals surface area contributed by atoms with E-state index >= 15 is 0 Å². The largest absolute Gasteiger partial charge is 0.0625 e. The summed E-state index contributed by atoms with van der Waals surface area (Å²) in [7, 11) is 0. The van der Waals surface area contributed by atoms with Gasteiger partial charge >= 0.3 is 0 Å². The number of rotatable bonds is 5. The number of fused-ring (bicyclic) bond motifs is 4. The Bertz CT molecular complexity index is 5290. The average Bonchev–Trinajstić information content (AvgIpc) is 1.39. The highest BCUT2D eigenvalue weighted by Gasteiger charge is 2.48. The summed E-state index contributed by atoms with van der Waals surface area (Å²) in [6.45, 7) is 54.8. The van der Waals surface area contributed by atoms with Gasteiger partial charge in [0.1, 0.15) is 0 Å². The van der Waals surface area contributed by atoms with Crippen molar-refractivity contribution in [3.05, 3.63) is 332 Å². The molecule has 0 aromatic heterocycles. The van der Waals surface area contributed by atoms with E-state index in [1.807, 2.05) is 38.1 Å². The molecule has 15 saturated carbocycles. The third-order valence-corrected chi connectivity index (χ3v) is 36.8. The first-order valence-corrected chi connectivity index (χ1v) is 61.4. The third kappa shape index (κ3) is 47.9. The summed E-state index contributed by atoms with van der Waals surface area (Å²) in [5.41, 5.74) is 27.8. The van der Waals surface area contributed by atoms with E-state index in [4.69, 9.17) is 6.85 Å². The molecule has 0 saturated heterocycles. The summed E-state index contributed by atoms with van der Waals surface area (Å²) in [5.74, 6) is 12.5. The van der Waals surface area contributed by atoms with Gasteiger partial charge < -0.3 is 0 Å². The summed E-state index contributed by atoms with van der Waals surface area (Å²) >= 11 is 0. The van der Waals surface area contributed by atoms with Crippen LogP contribution in [0.3, 0.4) is 0 Å². The second-order valence-electron chi connectivity index (χ2n) is 53.2. The van der Waals surface area contributed by atoms with Gasteiger partial charge in [0.2, 0.25) is 0 Å². The molecular weight excluding hydrogens is 1800 g/mol. The van der Waals surface area contributed by atoms with Crippen LogP contribution in [0.2, 0.25) is 0 Å². The monoisotopic (exact) mass is 2030 g/mol. The van der Waals surface area contributed by atoms with E-state index < -0.39 is 0 Å². The molecule has 0 heterocycles. The normalized spacial score (nSPS) is 27.8. The van der Waals surface area contributed by atoms with Gasteiger partial charge in [0.15, 0.2) is 0 Å². The van der Waals surface area contributed by atoms with Crippen LogP contribution in [0.1, 0.15) is 481 Å². The van der Waals surface area contributed by atoms with Gasteiger partial charge in [-0.25, -0.2) is 0 Å². The maximum atomic E-state index is 7.87. The summed E-state index contributed by atoms with van der Waals surface area (Å²) in [5, 5.41) is 0. The third-order valence-electron chi connectivity index (χ3n) is 36.8. The van der Waals surface area contributed by atoms with Crippen LogP contribution in [0.4, 0.5) is 0 Å². The van der Waals surface area contributed by atoms with Crippen LogP contribution >= 0.6 is 0 Å². The van der Waals surface area contributed by atoms with Gasteiger partial charge in [-0.2, -0.15) is 0 Å². The van der Waals surface area contributed by atoms with Crippen molar-refractivity contribution in [2.45, 2.75) is 473 Å². The lowest BCUT2D eigenvalue weighted by atomic mass is 9.50. The highest BCUT2D eigenvalue weighted by atomic mass is 14.5. The Balaban J connectivity index is 0.000000170. The molecule has 0 heteroatoms. The maximum absolute atomic E-state index is 7.87. The van der Waals surface area contributed by atoms with Crippen LogP contribution in [-0.2, 0) is 0 Å². The number of benzene rings is 10. The average molecular weight is 2030 g/mol. The molecule has 25 rings (SSSR count). The number of hydrogen-bond acceptors (Lipinski definition) is 0. The molecule has 10 aromatic carbocycles. The molecule has 0 amide bonds. The molecule has 150 heavy (non-hydrogen) atoms. The highest BCUT2D eigenvalue weighted by Crippen LogP contribution is 2.60. The van der Waals surface area contributed by atoms with E-state index in [-0.39, 0.29) is 29.5 Å². The summed E-state index contributed by atoms with van der Waals surface area (Å²) < 4.78 is 38.5. The quantitative estimate of drug-likeness (QED) is 0.161. The zero-order chi connectivity index (χ0) is 113.